The average molecular weight is 314 g/mol. The van der Waals surface area contributed by atoms with Crippen LogP contribution in [0.1, 0.15) is 60.3 Å². The summed E-state index contributed by atoms with van der Waals surface area (Å²) in [5.41, 5.74) is -0.438. The molecule has 2 unspecified atom stereocenters. The van der Waals surface area contributed by atoms with E-state index in [0.717, 1.165) is 32.4 Å². The van der Waals surface area contributed by atoms with Crippen LogP contribution in [-0.2, 0) is 9.47 Å². The largest absolute Gasteiger partial charge is 0.444 e. The Morgan fingerprint density at radius 2 is 2.09 bits per heavy atom. The summed E-state index contributed by atoms with van der Waals surface area (Å²) < 4.78 is 11.2. The van der Waals surface area contributed by atoms with Crippen LogP contribution < -0.4 is 5.32 Å². The number of hydrogen-bond acceptors (Lipinski definition) is 4. The Hall–Kier alpha value is -0.810. The van der Waals surface area contributed by atoms with Gasteiger partial charge >= 0.3 is 6.09 Å². The predicted octanol–water partition coefficient (Wildman–Crippen LogP) is 3.18. The molecule has 0 aromatic heterocycles. The number of carbonyl (C=O) groups is 1. The highest BCUT2D eigenvalue weighted by Gasteiger charge is 2.23. The molecule has 0 spiro atoms. The highest BCUT2D eigenvalue weighted by molar-refractivity contribution is 5.68. The first-order valence-corrected chi connectivity index (χ1v) is 8.68. The summed E-state index contributed by atoms with van der Waals surface area (Å²) >= 11 is 0. The minimum atomic E-state index is -0.438. The van der Waals surface area contributed by atoms with Gasteiger partial charge in [0.15, 0.2) is 0 Å². The van der Waals surface area contributed by atoms with Crippen molar-refractivity contribution in [1.82, 2.24) is 10.2 Å². The Kier molecular flexibility index (Phi) is 8.18. The molecular formula is C17H34N2O3. The summed E-state index contributed by atoms with van der Waals surface area (Å²) in [5.74, 6) is 0. The summed E-state index contributed by atoms with van der Waals surface area (Å²) in [7, 11) is 0. The van der Waals surface area contributed by atoms with Gasteiger partial charge in [-0.15, -0.1) is 0 Å². The quantitative estimate of drug-likeness (QED) is 0.784. The van der Waals surface area contributed by atoms with Crippen LogP contribution in [0.5, 0.6) is 0 Å². The Bertz CT molecular complexity index is 326. The predicted molar refractivity (Wildman–Crippen MR) is 89.2 cm³/mol. The molecule has 5 nitrogen and oxygen atoms in total. The van der Waals surface area contributed by atoms with E-state index in [1.165, 1.54) is 6.42 Å². The van der Waals surface area contributed by atoms with Gasteiger partial charge in [-0.25, -0.2) is 4.79 Å². The lowest BCUT2D eigenvalue weighted by Gasteiger charge is -2.31. The Morgan fingerprint density at radius 3 is 2.68 bits per heavy atom. The van der Waals surface area contributed by atoms with E-state index in [2.05, 4.69) is 12.2 Å². The molecule has 1 aliphatic heterocycles. The zero-order valence-corrected chi connectivity index (χ0v) is 15.0. The molecular weight excluding hydrogens is 280 g/mol. The average Bonchev–Trinajstić information content (AvgIpc) is 2.42. The molecule has 1 N–H and O–H groups in total. The lowest BCUT2D eigenvalue weighted by atomic mass is 10.0. The number of nitrogens with zero attached hydrogens (tertiary/aromatic N) is 1. The Morgan fingerprint density at radius 1 is 1.36 bits per heavy atom. The monoisotopic (exact) mass is 314 g/mol. The number of hydrogen-bond donors (Lipinski definition) is 1. The molecule has 0 aromatic carbocycles. The summed E-state index contributed by atoms with van der Waals surface area (Å²) in [6, 6.07) is 0.502. The van der Waals surface area contributed by atoms with Crippen molar-refractivity contribution in [3.63, 3.8) is 0 Å². The van der Waals surface area contributed by atoms with Crippen LogP contribution in [0.2, 0.25) is 0 Å². The van der Waals surface area contributed by atoms with E-state index in [9.17, 15) is 4.79 Å². The minimum absolute atomic E-state index is 0.229. The molecule has 2 atom stereocenters. The van der Waals surface area contributed by atoms with Crippen LogP contribution in [0.3, 0.4) is 0 Å². The van der Waals surface area contributed by atoms with Crippen LogP contribution in [0.25, 0.3) is 0 Å². The number of nitrogens with one attached hydrogen (secondary N) is 1. The van der Waals surface area contributed by atoms with Crippen LogP contribution >= 0.6 is 0 Å². The third-order valence-corrected chi connectivity index (χ3v) is 3.83. The van der Waals surface area contributed by atoms with Gasteiger partial charge < -0.3 is 19.7 Å². The number of amides is 1. The number of rotatable bonds is 7. The van der Waals surface area contributed by atoms with Gasteiger partial charge in [-0.05, 0) is 47.0 Å². The maximum absolute atomic E-state index is 12.1. The molecule has 1 heterocycles. The molecule has 22 heavy (non-hydrogen) atoms. The first-order valence-electron chi connectivity index (χ1n) is 8.68. The van der Waals surface area contributed by atoms with Crippen molar-refractivity contribution in [2.45, 2.75) is 78.0 Å². The van der Waals surface area contributed by atoms with Crippen LogP contribution in [0.4, 0.5) is 4.79 Å². The van der Waals surface area contributed by atoms with Crippen LogP contribution in [0.15, 0.2) is 0 Å². The maximum atomic E-state index is 12.1. The van der Waals surface area contributed by atoms with Crippen molar-refractivity contribution < 1.29 is 14.3 Å². The van der Waals surface area contributed by atoms with Gasteiger partial charge in [0.05, 0.1) is 6.10 Å². The first-order chi connectivity index (χ1) is 10.4. The van der Waals surface area contributed by atoms with Crippen LogP contribution in [0, 0.1) is 0 Å². The van der Waals surface area contributed by atoms with Crippen molar-refractivity contribution in [1.29, 1.82) is 0 Å². The second kappa shape index (κ2) is 9.36. The fourth-order valence-electron chi connectivity index (χ4n) is 2.70. The maximum Gasteiger partial charge on any atom is 0.410 e. The highest BCUT2D eigenvalue weighted by atomic mass is 16.6. The fraction of sp³-hybridized carbons (Fsp3) is 0.941. The normalized spacial score (nSPS) is 22.4. The molecule has 1 fully saturated rings. The molecule has 0 aromatic rings. The fourth-order valence-corrected chi connectivity index (χ4v) is 2.70. The number of ether oxygens (including phenoxy) is 2. The third kappa shape index (κ3) is 7.45. The second-order valence-electron chi connectivity index (χ2n) is 7.02. The van der Waals surface area contributed by atoms with Gasteiger partial charge in [0.1, 0.15) is 5.60 Å². The molecule has 0 aliphatic carbocycles. The van der Waals surface area contributed by atoms with Crippen LogP contribution in [-0.4, -0.2) is 55.0 Å². The highest BCUT2D eigenvalue weighted by Crippen LogP contribution is 2.17. The van der Waals surface area contributed by atoms with Gasteiger partial charge in [-0.2, -0.15) is 0 Å². The van der Waals surface area contributed by atoms with Crippen molar-refractivity contribution in [2.75, 3.05) is 26.2 Å². The Labute approximate surface area is 135 Å². The van der Waals surface area contributed by atoms with E-state index in [4.69, 9.17) is 9.47 Å². The van der Waals surface area contributed by atoms with Crippen molar-refractivity contribution in [2.24, 2.45) is 0 Å². The van der Waals surface area contributed by atoms with E-state index in [0.29, 0.717) is 25.2 Å². The zero-order valence-electron chi connectivity index (χ0n) is 15.0. The van der Waals surface area contributed by atoms with Gasteiger partial charge in [0, 0.05) is 32.3 Å². The summed E-state index contributed by atoms with van der Waals surface area (Å²) in [4.78, 5) is 13.8. The molecule has 1 rings (SSSR count). The molecule has 1 aliphatic rings. The van der Waals surface area contributed by atoms with Gasteiger partial charge in [0.25, 0.3) is 0 Å². The summed E-state index contributed by atoms with van der Waals surface area (Å²) in [5, 5.41) is 3.56. The summed E-state index contributed by atoms with van der Waals surface area (Å²) in [6.45, 7) is 12.9. The number of carbonyl (C=O) groups excluding carboxylic acids is 1. The van der Waals surface area contributed by atoms with Crippen molar-refractivity contribution in [3.8, 4) is 0 Å². The van der Waals surface area contributed by atoms with Gasteiger partial charge in [-0.1, -0.05) is 13.3 Å². The standard InChI is InChI=1S/C17H34N2O3/c1-6-8-15-13-14(9-12-21-15)18-10-11-19(7-2)16(20)22-17(3,4)5/h14-15,18H,6-13H2,1-5H3. The van der Waals surface area contributed by atoms with E-state index >= 15 is 0 Å². The molecule has 0 saturated carbocycles. The molecule has 0 radical (unpaired) electrons. The van der Waals surface area contributed by atoms with Gasteiger partial charge in [-0.3, -0.25) is 0 Å². The van der Waals surface area contributed by atoms with E-state index in [1.807, 2.05) is 27.7 Å². The summed E-state index contributed by atoms with van der Waals surface area (Å²) in [6.07, 6.45) is 4.60. The molecule has 130 valence electrons. The molecule has 1 saturated heterocycles. The first kappa shape index (κ1) is 19.2. The van der Waals surface area contributed by atoms with Crippen molar-refractivity contribution >= 4 is 6.09 Å². The molecule has 0 bridgehead atoms. The Balaban J connectivity index is 2.30. The van der Waals surface area contributed by atoms with E-state index in [1.54, 1.807) is 4.90 Å². The topological polar surface area (TPSA) is 50.8 Å². The third-order valence-electron chi connectivity index (χ3n) is 3.83. The minimum Gasteiger partial charge on any atom is -0.444 e. The molecule has 5 heteroatoms. The lowest BCUT2D eigenvalue weighted by molar-refractivity contribution is -0.00400. The second-order valence-corrected chi connectivity index (χ2v) is 7.02. The van der Waals surface area contributed by atoms with Gasteiger partial charge in [0.2, 0.25) is 0 Å². The molecule has 1 amide bonds. The van der Waals surface area contributed by atoms with E-state index in [-0.39, 0.29) is 6.09 Å². The lowest BCUT2D eigenvalue weighted by Crippen LogP contribution is -2.44. The van der Waals surface area contributed by atoms with Crippen molar-refractivity contribution in [3.05, 3.63) is 0 Å². The SMILES string of the molecule is CCCC1CC(NCCN(CC)C(=O)OC(C)(C)C)CCO1. The van der Waals surface area contributed by atoms with E-state index < -0.39 is 5.60 Å². The number of likely N-dealkylation sites (N-methyl/N-ethyl adjacent to an activating group) is 1. The smallest absolute Gasteiger partial charge is 0.410 e. The zero-order chi connectivity index (χ0) is 16.6.